The summed E-state index contributed by atoms with van der Waals surface area (Å²) in [4.78, 5) is 14.5. The molecule has 1 N–H and O–H groups in total. The van der Waals surface area contributed by atoms with Crippen LogP contribution in [0.25, 0.3) is 0 Å². The molecule has 4 nitrogen and oxygen atoms in total. The maximum Gasteiger partial charge on any atom is 0.226 e. The van der Waals surface area contributed by atoms with Gasteiger partial charge in [-0.25, -0.2) is 0 Å². The summed E-state index contributed by atoms with van der Waals surface area (Å²) in [6, 6.07) is 12.9. The molecule has 1 atom stereocenters. The molecule has 0 saturated carbocycles. The van der Waals surface area contributed by atoms with Crippen molar-refractivity contribution in [2.45, 2.75) is 38.2 Å². The average molecular weight is 422 g/mol. The third-order valence-corrected chi connectivity index (χ3v) is 5.64. The predicted molar refractivity (Wildman–Crippen MR) is 112 cm³/mol. The van der Waals surface area contributed by atoms with Crippen LogP contribution in [-0.4, -0.2) is 41.2 Å². The average Bonchev–Trinajstić information content (AvgIpc) is 2.85. The molecule has 1 fully saturated rings. The summed E-state index contributed by atoms with van der Waals surface area (Å²) in [7, 11) is 0. The van der Waals surface area contributed by atoms with Crippen molar-refractivity contribution < 1.29 is 14.6 Å². The third kappa shape index (κ3) is 5.63. The minimum Gasteiger partial charge on any atom is -0.489 e. The lowest BCUT2D eigenvalue weighted by Gasteiger charge is -2.27. The van der Waals surface area contributed by atoms with Crippen molar-refractivity contribution >= 4 is 29.1 Å². The quantitative estimate of drug-likeness (QED) is 0.762. The fraction of sp³-hybridized carbons (Fsp3) is 0.409. The summed E-state index contributed by atoms with van der Waals surface area (Å²) in [6.45, 7) is 3.26. The van der Waals surface area contributed by atoms with E-state index in [2.05, 4.69) is 0 Å². The molecule has 150 valence electrons. The van der Waals surface area contributed by atoms with Crippen molar-refractivity contribution in [2.75, 3.05) is 19.7 Å². The molecule has 0 aliphatic carbocycles. The van der Waals surface area contributed by atoms with E-state index in [-0.39, 0.29) is 12.5 Å². The lowest BCUT2D eigenvalue weighted by molar-refractivity contribution is -0.130. The summed E-state index contributed by atoms with van der Waals surface area (Å²) in [5, 5.41) is 12.1. The van der Waals surface area contributed by atoms with E-state index in [1.54, 1.807) is 12.1 Å². The van der Waals surface area contributed by atoms with Crippen LogP contribution >= 0.6 is 23.2 Å². The van der Waals surface area contributed by atoms with Crippen molar-refractivity contribution in [1.82, 2.24) is 4.90 Å². The van der Waals surface area contributed by atoms with E-state index < -0.39 is 5.60 Å². The number of nitrogens with zero attached hydrogens (tertiary/aromatic N) is 1. The van der Waals surface area contributed by atoms with Gasteiger partial charge in [0.2, 0.25) is 5.91 Å². The first-order chi connectivity index (χ1) is 13.3. The van der Waals surface area contributed by atoms with Crippen LogP contribution in [0.15, 0.2) is 42.5 Å². The molecule has 6 heteroatoms. The number of carbonyl (C=O) groups is 1. The normalized spacial score (nSPS) is 19.9. The van der Waals surface area contributed by atoms with Gasteiger partial charge in [0.15, 0.2) is 0 Å². The zero-order valence-electron chi connectivity index (χ0n) is 16.0. The lowest BCUT2D eigenvalue weighted by Crippen LogP contribution is -2.38. The van der Waals surface area contributed by atoms with Gasteiger partial charge in [0.05, 0.1) is 11.4 Å². The fourth-order valence-electron chi connectivity index (χ4n) is 3.44. The Morgan fingerprint density at radius 1 is 1.18 bits per heavy atom. The smallest absolute Gasteiger partial charge is 0.226 e. The SMILES string of the molecule is Cc1ccc(Cl)c(OCC2(O)CCCN(C(=O)Cc3cccc(Cl)c3)CC2)c1. The second kappa shape index (κ2) is 9.17. The van der Waals surface area contributed by atoms with E-state index >= 15 is 0 Å². The molecule has 1 unspecified atom stereocenters. The molecule has 2 aromatic rings. The molecule has 0 bridgehead atoms. The Labute approximate surface area is 176 Å². The molecule has 1 heterocycles. The molecule has 1 aliphatic heterocycles. The summed E-state index contributed by atoms with van der Waals surface area (Å²) in [5.41, 5.74) is 0.970. The van der Waals surface area contributed by atoms with E-state index in [0.29, 0.717) is 48.1 Å². The number of aryl methyl sites for hydroxylation is 1. The Hall–Kier alpha value is -1.75. The van der Waals surface area contributed by atoms with Gasteiger partial charge in [-0.15, -0.1) is 0 Å². The van der Waals surface area contributed by atoms with Crippen molar-refractivity contribution in [1.29, 1.82) is 0 Å². The minimum absolute atomic E-state index is 0.0502. The van der Waals surface area contributed by atoms with Crippen LogP contribution in [0.2, 0.25) is 10.0 Å². The highest BCUT2D eigenvalue weighted by molar-refractivity contribution is 6.32. The fourth-order valence-corrected chi connectivity index (χ4v) is 3.82. The van der Waals surface area contributed by atoms with E-state index in [0.717, 1.165) is 17.5 Å². The molecule has 0 aromatic heterocycles. The van der Waals surface area contributed by atoms with Crippen LogP contribution in [0.3, 0.4) is 0 Å². The first kappa shape index (κ1) is 21.0. The summed E-state index contributed by atoms with van der Waals surface area (Å²) >= 11 is 12.2. The largest absolute Gasteiger partial charge is 0.489 e. The Kier molecular flexibility index (Phi) is 6.86. The number of hydrogen-bond donors (Lipinski definition) is 1. The molecule has 1 amide bonds. The second-order valence-electron chi connectivity index (χ2n) is 7.49. The van der Waals surface area contributed by atoms with Crippen molar-refractivity contribution in [3.8, 4) is 5.75 Å². The van der Waals surface area contributed by atoms with Crippen LogP contribution in [0.1, 0.15) is 30.4 Å². The second-order valence-corrected chi connectivity index (χ2v) is 8.33. The minimum atomic E-state index is -0.974. The van der Waals surface area contributed by atoms with E-state index in [4.69, 9.17) is 27.9 Å². The van der Waals surface area contributed by atoms with E-state index in [9.17, 15) is 9.90 Å². The molecule has 0 radical (unpaired) electrons. The zero-order valence-corrected chi connectivity index (χ0v) is 17.5. The number of rotatable bonds is 5. The Balaban J connectivity index is 1.57. The molecule has 2 aromatic carbocycles. The monoisotopic (exact) mass is 421 g/mol. The third-order valence-electron chi connectivity index (χ3n) is 5.10. The van der Waals surface area contributed by atoms with Gasteiger partial charge in [-0.1, -0.05) is 41.4 Å². The van der Waals surface area contributed by atoms with Crippen LogP contribution in [0.4, 0.5) is 0 Å². The van der Waals surface area contributed by atoms with Gasteiger partial charge in [-0.05, 0) is 61.6 Å². The number of amides is 1. The van der Waals surface area contributed by atoms with Gasteiger partial charge < -0.3 is 14.7 Å². The van der Waals surface area contributed by atoms with Gasteiger partial charge in [0.1, 0.15) is 18.0 Å². The molecule has 1 aliphatic rings. The topological polar surface area (TPSA) is 49.8 Å². The summed E-state index contributed by atoms with van der Waals surface area (Å²) in [5.74, 6) is 0.627. The van der Waals surface area contributed by atoms with Gasteiger partial charge in [0.25, 0.3) is 0 Å². The molecular formula is C22H25Cl2NO3. The van der Waals surface area contributed by atoms with Gasteiger partial charge in [0, 0.05) is 18.1 Å². The number of likely N-dealkylation sites (tertiary alicyclic amines) is 1. The van der Waals surface area contributed by atoms with E-state index in [1.807, 2.05) is 42.2 Å². The summed E-state index contributed by atoms with van der Waals surface area (Å²) < 4.78 is 5.82. The van der Waals surface area contributed by atoms with Gasteiger partial charge >= 0.3 is 0 Å². The number of aliphatic hydroxyl groups is 1. The van der Waals surface area contributed by atoms with E-state index in [1.165, 1.54) is 0 Å². The maximum absolute atomic E-state index is 12.7. The number of hydrogen-bond acceptors (Lipinski definition) is 3. The molecule has 28 heavy (non-hydrogen) atoms. The Bertz CT molecular complexity index is 842. The zero-order chi connectivity index (χ0) is 20.1. The Morgan fingerprint density at radius 2 is 2.00 bits per heavy atom. The van der Waals surface area contributed by atoms with Crippen LogP contribution in [0.5, 0.6) is 5.75 Å². The molecule has 1 saturated heterocycles. The number of halogens is 2. The standard InChI is InChI=1S/C22H25Cl2NO3/c1-16-6-7-19(24)20(12-16)28-15-22(27)8-3-10-25(11-9-22)21(26)14-17-4-2-5-18(23)13-17/h2,4-7,12-13,27H,3,8-11,14-15H2,1H3. The van der Waals surface area contributed by atoms with Crippen LogP contribution < -0.4 is 4.74 Å². The number of ether oxygens (including phenoxy) is 1. The van der Waals surface area contributed by atoms with Crippen molar-refractivity contribution in [3.05, 3.63) is 63.6 Å². The number of carbonyl (C=O) groups excluding carboxylic acids is 1. The first-order valence-electron chi connectivity index (χ1n) is 9.48. The van der Waals surface area contributed by atoms with Crippen LogP contribution in [-0.2, 0) is 11.2 Å². The first-order valence-corrected chi connectivity index (χ1v) is 10.2. The highest BCUT2D eigenvalue weighted by Crippen LogP contribution is 2.29. The highest BCUT2D eigenvalue weighted by Gasteiger charge is 2.32. The maximum atomic E-state index is 12.7. The lowest BCUT2D eigenvalue weighted by atomic mass is 9.96. The highest BCUT2D eigenvalue weighted by atomic mass is 35.5. The molecular weight excluding hydrogens is 397 g/mol. The van der Waals surface area contributed by atoms with Gasteiger partial charge in [-0.3, -0.25) is 4.79 Å². The Morgan fingerprint density at radius 3 is 2.79 bits per heavy atom. The van der Waals surface area contributed by atoms with Gasteiger partial charge in [-0.2, -0.15) is 0 Å². The predicted octanol–water partition coefficient (Wildman–Crippen LogP) is 4.67. The summed E-state index contributed by atoms with van der Waals surface area (Å²) in [6.07, 6.45) is 2.09. The van der Waals surface area contributed by atoms with Crippen LogP contribution in [0, 0.1) is 6.92 Å². The van der Waals surface area contributed by atoms with Crippen molar-refractivity contribution in [3.63, 3.8) is 0 Å². The molecule has 3 rings (SSSR count). The number of benzene rings is 2. The molecule has 0 spiro atoms. The van der Waals surface area contributed by atoms with Crippen molar-refractivity contribution in [2.24, 2.45) is 0 Å².